The first-order chi connectivity index (χ1) is 9.52. The van der Waals surface area contributed by atoms with Crippen molar-refractivity contribution in [3.63, 3.8) is 0 Å². The molecule has 20 heavy (non-hydrogen) atoms. The van der Waals surface area contributed by atoms with E-state index in [4.69, 9.17) is 5.11 Å². The Morgan fingerprint density at radius 1 is 1.10 bits per heavy atom. The SMILES string of the molecule is Cc1ccccc1.O=C(C(O)=S(=O)=O)C1CCCCC1. The Morgan fingerprint density at radius 2 is 1.65 bits per heavy atom. The van der Waals surface area contributed by atoms with Crippen LogP contribution in [0.5, 0.6) is 0 Å². The zero-order chi connectivity index (χ0) is 15.0. The fourth-order valence-corrected chi connectivity index (χ4v) is 2.49. The minimum atomic E-state index is -2.77. The predicted molar refractivity (Wildman–Crippen MR) is 79.3 cm³/mol. The second-order valence-corrected chi connectivity index (χ2v) is 5.75. The van der Waals surface area contributed by atoms with Crippen LogP contribution in [0.3, 0.4) is 0 Å². The molecule has 2 rings (SSSR count). The van der Waals surface area contributed by atoms with E-state index in [1.165, 1.54) is 5.56 Å². The van der Waals surface area contributed by atoms with Gasteiger partial charge in [-0.1, -0.05) is 55.2 Å². The van der Waals surface area contributed by atoms with Crippen molar-refractivity contribution in [2.24, 2.45) is 5.92 Å². The summed E-state index contributed by atoms with van der Waals surface area (Å²) < 4.78 is 20.6. The highest BCUT2D eigenvalue weighted by Crippen LogP contribution is 2.24. The lowest BCUT2D eigenvalue weighted by Crippen LogP contribution is -2.25. The molecule has 0 spiro atoms. The Labute approximate surface area is 121 Å². The molecule has 110 valence electrons. The fraction of sp³-hybridized carbons (Fsp3) is 0.467. The number of aryl methyl sites for hydroxylation is 1. The molecule has 0 unspecified atom stereocenters. The number of ketones is 1. The summed E-state index contributed by atoms with van der Waals surface area (Å²) in [5.74, 6) is -0.903. The van der Waals surface area contributed by atoms with E-state index in [9.17, 15) is 13.2 Å². The summed E-state index contributed by atoms with van der Waals surface area (Å²) >= 11 is 0. The van der Waals surface area contributed by atoms with Crippen molar-refractivity contribution in [1.29, 1.82) is 0 Å². The highest BCUT2D eigenvalue weighted by Gasteiger charge is 2.24. The highest BCUT2D eigenvalue weighted by molar-refractivity contribution is 7.74. The number of carbonyl (C=O) groups excluding carboxylic acids is 1. The van der Waals surface area contributed by atoms with Gasteiger partial charge in [0.15, 0.2) is 0 Å². The molecule has 1 aromatic rings. The quantitative estimate of drug-likeness (QED) is 0.852. The standard InChI is InChI=1S/C8H12O4S.C7H8/c9-7(8(10)13(11)12)6-4-2-1-3-5-6;1-7-5-3-2-4-6-7/h6,10H,1-5H2;2-6H,1H3. The van der Waals surface area contributed by atoms with E-state index >= 15 is 0 Å². The molecule has 1 aliphatic rings. The Balaban J connectivity index is 0.000000240. The van der Waals surface area contributed by atoms with Gasteiger partial charge >= 0.3 is 0 Å². The minimum Gasteiger partial charge on any atom is -0.345 e. The summed E-state index contributed by atoms with van der Waals surface area (Å²) in [4.78, 5) is 11.3. The lowest BCUT2D eigenvalue weighted by atomic mass is 9.86. The molecule has 0 amide bonds. The van der Waals surface area contributed by atoms with E-state index in [1.807, 2.05) is 18.2 Å². The lowest BCUT2D eigenvalue weighted by Gasteiger charge is -2.18. The molecular formula is C15H20O4S. The third-order valence-corrected chi connectivity index (χ3v) is 3.80. The molecule has 0 heterocycles. The van der Waals surface area contributed by atoms with Crippen molar-refractivity contribution < 1.29 is 18.3 Å². The summed E-state index contributed by atoms with van der Waals surface area (Å²) in [6, 6.07) is 10.3. The zero-order valence-electron chi connectivity index (χ0n) is 11.6. The number of aliphatic hydroxyl groups excluding tert-OH is 1. The van der Waals surface area contributed by atoms with Gasteiger partial charge in [0.05, 0.1) is 0 Å². The van der Waals surface area contributed by atoms with Gasteiger partial charge in [-0.3, -0.25) is 4.79 Å². The van der Waals surface area contributed by atoms with E-state index in [-0.39, 0.29) is 5.92 Å². The predicted octanol–water partition coefficient (Wildman–Crippen LogP) is 2.70. The molecule has 0 atom stereocenters. The monoisotopic (exact) mass is 296 g/mol. The molecule has 4 nitrogen and oxygen atoms in total. The van der Waals surface area contributed by atoms with Crippen molar-refractivity contribution in [3.8, 4) is 0 Å². The van der Waals surface area contributed by atoms with E-state index in [2.05, 4.69) is 19.1 Å². The third kappa shape index (κ3) is 5.67. The van der Waals surface area contributed by atoms with Crippen LogP contribution in [0.1, 0.15) is 37.7 Å². The largest absolute Gasteiger partial charge is 0.345 e. The van der Waals surface area contributed by atoms with Crippen molar-refractivity contribution in [3.05, 3.63) is 35.9 Å². The number of carbonyl (C=O) groups is 1. The Hall–Kier alpha value is -1.46. The first-order valence-corrected chi connectivity index (χ1v) is 7.81. The van der Waals surface area contributed by atoms with Crippen molar-refractivity contribution >= 4 is 21.1 Å². The molecule has 1 fully saturated rings. The van der Waals surface area contributed by atoms with Crippen LogP contribution < -0.4 is 0 Å². The number of hydrogen-bond donors (Lipinski definition) is 1. The van der Waals surface area contributed by atoms with Gasteiger partial charge in [0.25, 0.3) is 0 Å². The van der Waals surface area contributed by atoms with E-state index in [1.54, 1.807) is 0 Å². The zero-order valence-corrected chi connectivity index (χ0v) is 12.4. The van der Waals surface area contributed by atoms with Crippen LogP contribution in [0.2, 0.25) is 0 Å². The summed E-state index contributed by atoms with van der Waals surface area (Å²) in [5.41, 5.74) is 1.32. The van der Waals surface area contributed by atoms with E-state index < -0.39 is 21.1 Å². The molecule has 0 radical (unpaired) electrons. The second-order valence-electron chi connectivity index (χ2n) is 4.89. The van der Waals surface area contributed by atoms with Gasteiger partial charge in [0.2, 0.25) is 21.1 Å². The summed E-state index contributed by atoms with van der Waals surface area (Å²) in [7, 11) is -2.77. The number of benzene rings is 1. The summed E-state index contributed by atoms with van der Waals surface area (Å²) in [5, 5.41) is 7.89. The highest BCUT2D eigenvalue weighted by atomic mass is 32.2. The van der Waals surface area contributed by atoms with Gasteiger partial charge in [-0.2, -0.15) is 8.42 Å². The Morgan fingerprint density at radius 3 is 2.05 bits per heavy atom. The minimum absolute atomic E-state index is 0.286. The molecule has 1 aliphatic carbocycles. The molecule has 0 bridgehead atoms. The van der Waals surface area contributed by atoms with Crippen LogP contribution in [-0.2, 0) is 15.1 Å². The third-order valence-electron chi connectivity index (χ3n) is 3.29. The molecular weight excluding hydrogens is 276 g/mol. The topological polar surface area (TPSA) is 71.4 Å². The van der Waals surface area contributed by atoms with Gasteiger partial charge in [-0.15, -0.1) is 0 Å². The molecule has 1 saturated carbocycles. The van der Waals surface area contributed by atoms with Gasteiger partial charge < -0.3 is 5.11 Å². The number of rotatable bonds is 2. The fourth-order valence-electron chi connectivity index (χ4n) is 2.16. The number of Topliss-reactive ketones (excluding diaryl/α,β-unsaturated/α-hetero) is 1. The lowest BCUT2D eigenvalue weighted by molar-refractivity contribution is -0.118. The summed E-state index contributed by atoms with van der Waals surface area (Å²) in [6.45, 7) is 2.08. The molecule has 0 aromatic heterocycles. The van der Waals surface area contributed by atoms with Gasteiger partial charge in [0, 0.05) is 5.92 Å². The molecule has 0 aliphatic heterocycles. The first kappa shape index (κ1) is 16.6. The van der Waals surface area contributed by atoms with Crippen LogP contribution in [0.25, 0.3) is 0 Å². The normalized spacial score (nSPS) is 14.9. The van der Waals surface area contributed by atoms with Crippen molar-refractivity contribution in [2.75, 3.05) is 0 Å². The van der Waals surface area contributed by atoms with E-state index in [0.29, 0.717) is 12.8 Å². The van der Waals surface area contributed by atoms with E-state index in [0.717, 1.165) is 19.3 Å². The summed E-state index contributed by atoms with van der Waals surface area (Å²) in [6.07, 6.45) is 4.36. The van der Waals surface area contributed by atoms with Gasteiger partial charge in [-0.05, 0) is 19.8 Å². The Kier molecular flexibility index (Phi) is 7.18. The maximum atomic E-state index is 11.3. The van der Waals surface area contributed by atoms with Crippen LogP contribution >= 0.6 is 0 Å². The van der Waals surface area contributed by atoms with Gasteiger partial charge in [0.1, 0.15) is 0 Å². The molecule has 1 N–H and O–H groups in total. The van der Waals surface area contributed by atoms with Crippen LogP contribution in [-0.4, -0.2) is 24.4 Å². The Bertz CT molecular complexity index is 547. The van der Waals surface area contributed by atoms with Crippen LogP contribution in [0.15, 0.2) is 30.3 Å². The van der Waals surface area contributed by atoms with Crippen LogP contribution in [0, 0.1) is 12.8 Å². The van der Waals surface area contributed by atoms with Crippen LogP contribution in [0.4, 0.5) is 0 Å². The molecule has 1 aromatic carbocycles. The molecule has 0 saturated heterocycles. The molecule has 5 heteroatoms. The van der Waals surface area contributed by atoms with Gasteiger partial charge in [-0.25, -0.2) is 0 Å². The maximum absolute atomic E-state index is 11.3. The average molecular weight is 296 g/mol. The maximum Gasteiger partial charge on any atom is 0.248 e. The number of aliphatic hydroxyl groups is 1. The number of hydrogen-bond acceptors (Lipinski definition) is 3. The smallest absolute Gasteiger partial charge is 0.248 e. The van der Waals surface area contributed by atoms with Crippen molar-refractivity contribution in [1.82, 2.24) is 0 Å². The first-order valence-electron chi connectivity index (χ1n) is 6.73. The second kappa shape index (κ2) is 8.66. The average Bonchev–Trinajstić information content (AvgIpc) is 2.48. The van der Waals surface area contributed by atoms with Crippen molar-refractivity contribution in [2.45, 2.75) is 39.0 Å².